The first-order valence-corrected chi connectivity index (χ1v) is 7.65. The van der Waals surface area contributed by atoms with Crippen LogP contribution in [0, 0.1) is 24.4 Å². The number of aromatic amines is 1. The maximum Gasteiger partial charge on any atom is 0.178 e. The van der Waals surface area contributed by atoms with Gasteiger partial charge in [-0.1, -0.05) is 0 Å². The molecule has 0 fully saturated rings. The number of nitrogens with one attached hydrogen (secondary N) is 1. The van der Waals surface area contributed by atoms with E-state index >= 15 is 0 Å². The van der Waals surface area contributed by atoms with Gasteiger partial charge in [-0.25, -0.2) is 4.39 Å². The summed E-state index contributed by atoms with van der Waals surface area (Å²) in [5.41, 5.74) is 4.78. The largest absolute Gasteiger partial charge is 0.330 e. The number of H-pyrrole nitrogens is 1. The van der Waals surface area contributed by atoms with E-state index in [1.165, 1.54) is 6.07 Å². The number of nitrogens with zero attached hydrogens (tertiary/aromatic N) is 3. The molecule has 0 saturated carbocycles. The van der Waals surface area contributed by atoms with Crippen molar-refractivity contribution in [3.8, 4) is 0 Å². The van der Waals surface area contributed by atoms with Crippen LogP contribution in [0.15, 0.2) is 16.6 Å². The zero-order chi connectivity index (χ0) is 15.3. The molecule has 0 aliphatic rings. The van der Waals surface area contributed by atoms with Gasteiger partial charge in [0.2, 0.25) is 0 Å². The van der Waals surface area contributed by atoms with Crippen LogP contribution in [0.3, 0.4) is 0 Å². The molecule has 2 heterocycles. The van der Waals surface area contributed by atoms with Gasteiger partial charge in [-0.2, -0.15) is 5.10 Å². The summed E-state index contributed by atoms with van der Waals surface area (Å²) in [4.78, 5) is 3.05. The van der Waals surface area contributed by atoms with E-state index < -0.39 is 0 Å². The van der Waals surface area contributed by atoms with Crippen molar-refractivity contribution in [1.29, 1.82) is 0 Å². The van der Waals surface area contributed by atoms with Crippen LogP contribution in [-0.2, 0) is 13.6 Å². The number of aromatic nitrogens is 4. The van der Waals surface area contributed by atoms with E-state index in [4.69, 9.17) is 12.2 Å². The minimum atomic E-state index is -0.306. The Morgan fingerprint density at radius 1 is 1.38 bits per heavy atom. The number of benzene rings is 1. The Hall–Kier alpha value is -1.47. The number of halogens is 2. The van der Waals surface area contributed by atoms with Crippen LogP contribution in [0.5, 0.6) is 0 Å². The molecule has 4 nitrogen and oxygen atoms in total. The van der Waals surface area contributed by atoms with Crippen molar-refractivity contribution in [3.05, 3.63) is 44.1 Å². The molecular weight excluding hydrogens is 355 g/mol. The van der Waals surface area contributed by atoms with E-state index in [0.717, 1.165) is 22.5 Å². The molecule has 110 valence electrons. The summed E-state index contributed by atoms with van der Waals surface area (Å²) in [7, 11) is 1.92. The van der Waals surface area contributed by atoms with Gasteiger partial charge in [0.05, 0.1) is 27.7 Å². The highest BCUT2D eigenvalue weighted by molar-refractivity contribution is 9.10. The fourth-order valence-electron chi connectivity index (χ4n) is 2.51. The smallest absolute Gasteiger partial charge is 0.178 e. The maximum atomic E-state index is 13.6. The molecule has 0 aliphatic heterocycles. The van der Waals surface area contributed by atoms with Crippen molar-refractivity contribution in [1.82, 2.24) is 19.3 Å². The van der Waals surface area contributed by atoms with E-state index in [9.17, 15) is 4.39 Å². The third kappa shape index (κ3) is 2.34. The van der Waals surface area contributed by atoms with Crippen molar-refractivity contribution >= 4 is 39.2 Å². The molecule has 0 atom stereocenters. The highest BCUT2D eigenvalue weighted by Gasteiger charge is 2.14. The quantitative estimate of drug-likeness (QED) is 0.694. The number of hydrogen-bond acceptors (Lipinski definition) is 2. The lowest BCUT2D eigenvalue weighted by Crippen LogP contribution is -2.02. The Morgan fingerprint density at radius 3 is 2.71 bits per heavy atom. The molecular formula is C14H14BrFN4S. The summed E-state index contributed by atoms with van der Waals surface area (Å²) in [5, 5.41) is 4.42. The second-order valence-corrected chi connectivity index (χ2v) is 6.31. The first-order chi connectivity index (χ1) is 9.88. The second-order valence-electron chi connectivity index (χ2n) is 5.07. The first-order valence-electron chi connectivity index (χ1n) is 6.45. The average Bonchev–Trinajstić information content (AvgIpc) is 2.83. The monoisotopic (exact) mass is 368 g/mol. The number of imidazole rings is 1. The lowest BCUT2D eigenvalue weighted by molar-refractivity contribution is 0.622. The van der Waals surface area contributed by atoms with Crippen molar-refractivity contribution in [3.63, 3.8) is 0 Å². The molecule has 0 saturated heterocycles. The molecule has 2 aromatic heterocycles. The summed E-state index contributed by atoms with van der Waals surface area (Å²) < 4.78 is 18.5. The molecule has 0 spiro atoms. The van der Waals surface area contributed by atoms with E-state index in [-0.39, 0.29) is 5.82 Å². The van der Waals surface area contributed by atoms with Crippen LogP contribution in [0.4, 0.5) is 4.39 Å². The van der Waals surface area contributed by atoms with Gasteiger partial charge in [-0.15, -0.1) is 0 Å². The van der Waals surface area contributed by atoms with Crippen LogP contribution < -0.4 is 0 Å². The number of rotatable bonds is 2. The molecule has 7 heteroatoms. The van der Waals surface area contributed by atoms with Gasteiger partial charge in [0, 0.05) is 24.4 Å². The van der Waals surface area contributed by atoms with Crippen molar-refractivity contribution < 1.29 is 4.39 Å². The molecule has 0 amide bonds. The zero-order valence-electron chi connectivity index (χ0n) is 11.9. The number of aryl methyl sites for hydroxylation is 2. The first kappa shape index (κ1) is 14.5. The SMILES string of the molecule is Cc1nn(C)c(C)c1Cn1c(=S)[nH]c2cc(F)c(Br)cc21. The fraction of sp³-hybridized carbons (Fsp3) is 0.286. The van der Waals surface area contributed by atoms with Crippen LogP contribution in [0.25, 0.3) is 11.0 Å². The van der Waals surface area contributed by atoms with Crippen LogP contribution >= 0.6 is 28.1 Å². The molecule has 0 bridgehead atoms. The topological polar surface area (TPSA) is 38.5 Å². The summed E-state index contributed by atoms with van der Waals surface area (Å²) >= 11 is 8.60. The van der Waals surface area contributed by atoms with Gasteiger partial charge in [-0.05, 0) is 48.1 Å². The maximum absolute atomic E-state index is 13.6. The third-order valence-corrected chi connectivity index (χ3v) is 4.72. The fourth-order valence-corrected chi connectivity index (χ4v) is 3.12. The van der Waals surface area contributed by atoms with Crippen LogP contribution in [0.2, 0.25) is 0 Å². The van der Waals surface area contributed by atoms with Gasteiger partial charge < -0.3 is 9.55 Å². The van der Waals surface area contributed by atoms with E-state index in [2.05, 4.69) is 26.0 Å². The van der Waals surface area contributed by atoms with Gasteiger partial charge in [0.15, 0.2) is 4.77 Å². The van der Waals surface area contributed by atoms with Gasteiger partial charge in [-0.3, -0.25) is 4.68 Å². The van der Waals surface area contributed by atoms with Crippen molar-refractivity contribution in [2.75, 3.05) is 0 Å². The Labute approximate surface area is 134 Å². The van der Waals surface area contributed by atoms with Gasteiger partial charge in [0.1, 0.15) is 5.82 Å². The predicted octanol–water partition coefficient (Wildman–Crippen LogP) is 4.00. The standard InChI is InChI=1S/C14H14BrFN4S/c1-7-9(8(2)19(3)18-7)6-20-13-4-10(15)11(16)5-12(13)17-14(20)21/h4-5H,6H2,1-3H3,(H,17,21). The van der Waals surface area contributed by atoms with Crippen LogP contribution in [-0.4, -0.2) is 19.3 Å². The number of fused-ring (bicyclic) bond motifs is 1. The Kier molecular flexibility index (Phi) is 3.49. The van der Waals surface area contributed by atoms with E-state index in [1.54, 1.807) is 6.07 Å². The summed E-state index contributed by atoms with van der Waals surface area (Å²) in [6.45, 7) is 4.63. The summed E-state index contributed by atoms with van der Waals surface area (Å²) in [6, 6.07) is 3.20. The molecule has 0 aliphatic carbocycles. The summed E-state index contributed by atoms with van der Waals surface area (Å²) in [5.74, 6) is -0.306. The van der Waals surface area contributed by atoms with Crippen molar-refractivity contribution in [2.45, 2.75) is 20.4 Å². The predicted molar refractivity (Wildman–Crippen MR) is 86.6 cm³/mol. The Balaban J connectivity index is 2.19. The Bertz CT molecular complexity index is 906. The highest BCUT2D eigenvalue weighted by Crippen LogP contribution is 2.25. The molecule has 3 rings (SSSR count). The molecule has 1 N–H and O–H groups in total. The molecule has 21 heavy (non-hydrogen) atoms. The average molecular weight is 369 g/mol. The highest BCUT2D eigenvalue weighted by atomic mass is 79.9. The molecule has 0 radical (unpaired) electrons. The lowest BCUT2D eigenvalue weighted by atomic mass is 10.2. The molecule has 1 aromatic carbocycles. The Morgan fingerprint density at radius 2 is 2.10 bits per heavy atom. The van der Waals surface area contributed by atoms with E-state index in [0.29, 0.717) is 21.3 Å². The lowest BCUT2D eigenvalue weighted by Gasteiger charge is -2.06. The van der Waals surface area contributed by atoms with E-state index in [1.807, 2.05) is 30.1 Å². The minimum Gasteiger partial charge on any atom is -0.330 e. The molecule has 0 unspecified atom stereocenters. The molecule has 3 aromatic rings. The number of hydrogen-bond donors (Lipinski definition) is 1. The van der Waals surface area contributed by atoms with Crippen molar-refractivity contribution in [2.24, 2.45) is 7.05 Å². The van der Waals surface area contributed by atoms with Gasteiger partial charge in [0.25, 0.3) is 0 Å². The third-order valence-electron chi connectivity index (χ3n) is 3.79. The zero-order valence-corrected chi connectivity index (χ0v) is 14.3. The van der Waals surface area contributed by atoms with Crippen LogP contribution in [0.1, 0.15) is 17.0 Å². The minimum absolute atomic E-state index is 0.306. The second kappa shape index (κ2) is 5.06. The normalized spacial score (nSPS) is 11.5. The summed E-state index contributed by atoms with van der Waals surface area (Å²) in [6.07, 6.45) is 0. The van der Waals surface area contributed by atoms with Gasteiger partial charge >= 0.3 is 0 Å².